The van der Waals surface area contributed by atoms with E-state index in [1.54, 1.807) is 42.5 Å². The number of ether oxygens (including phenoxy) is 2. The van der Waals surface area contributed by atoms with Gasteiger partial charge < -0.3 is 20.1 Å². The van der Waals surface area contributed by atoms with E-state index in [9.17, 15) is 9.59 Å². The fraction of sp³-hybridized carbons (Fsp3) is 0.130. The highest BCUT2D eigenvalue weighted by molar-refractivity contribution is 8.00. The van der Waals surface area contributed by atoms with E-state index < -0.39 is 0 Å². The molecule has 1 unspecified atom stereocenters. The summed E-state index contributed by atoms with van der Waals surface area (Å²) < 4.78 is 10.6. The summed E-state index contributed by atoms with van der Waals surface area (Å²) in [4.78, 5) is 25.9. The normalized spacial score (nSPS) is 12.8. The Labute approximate surface area is 199 Å². The van der Waals surface area contributed by atoms with Gasteiger partial charge in [-0.3, -0.25) is 9.59 Å². The number of thioether (sulfide) groups is 1. The molecule has 4 rings (SSSR count). The van der Waals surface area contributed by atoms with E-state index in [2.05, 4.69) is 10.6 Å². The number of nitrogens with one attached hydrogen (secondary N) is 2. The number of hydrogen-bond donors (Lipinski definition) is 2. The minimum Gasteiger partial charge on any atom is -0.454 e. The predicted octanol–water partition coefficient (Wildman–Crippen LogP) is 6.09. The highest BCUT2D eigenvalue weighted by Crippen LogP contribution is 2.34. The molecule has 0 saturated heterocycles. The fourth-order valence-corrected chi connectivity index (χ4v) is 4.33. The van der Waals surface area contributed by atoms with E-state index in [0.29, 0.717) is 33.5 Å². The van der Waals surface area contributed by atoms with Gasteiger partial charge in [-0.15, -0.1) is 11.8 Å². The number of benzene rings is 3. The Bertz CT molecular complexity index is 1170. The van der Waals surface area contributed by atoms with E-state index in [1.807, 2.05) is 19.1 Å². The average Bonchev–Trinajstić information content (AvgIpc) is 3.23. The molecule has 2 amide bonds. The lowest BCUT2D eigenvalue weighted by Crippen LogP contribution is -2.22. The summed E-state index contributed by atoms with van der Waals surface area (Å²) in [6.07, 6.45) is 0. The first-order chi connectivity index (χ1) is 15.4. The Morgan fingerprint density at radius 2 is 1.62 bits per heavy atom. The molecule has 0 fully saturated rings. The Morgan fingerprint density at radius 3 is 2.38 bits per heavy atom. The second kappa shape index (κ2) is 9.73. The van der Waals surface area contributed by atoms with E-state index in [0.717, 1.165) is 4.90 Å². The molecule has 0 saturated carbocycles. The number of rotatable bonds is 6. The number of halogens is 2. The van der Waals surface area contributed by atoms with Gasteiger partial charge in [0.2, 0.25) is 12.7 Å². The predicted molar refractivity (Wildman–Crippen MR) is 127 cm³/mol. The second-order valence-corrected chi connectivity index (χ2v) is 9.18. The molecule has 164 valence electrons. The molecule has 0 bridgehead atoms. The van der Waals surface area contributed by atoms with Crippen molar-refractivity contribution in [1.29, 1.82) is 0 Å². The van der Waals surface area contributed by atoms with Gasteiger partial charge >= 0.3 is 0 Å². The molecule has 1 atom stereocenters. The molecule has 0 radical (unpaired) electrons. The maximum absolute atomic E-state index is 12.6. The van der Waals surface area contributed by atoms with Gasteiger partial charge in [0.25, 0.3) is 5.91 Å². The van der Waals surface area contributed by atoms with Gasteiger partial charge in [-0.25, -0.2) is 0 Å². The van der Waals surface area contributed by atoms with E-state index >= 15 is 0 Å². The van der Waals surface area contributed by atoms with Crippen molar-refractivity contribution in [2.75, 3.05) is 17.4 Å². The van der Waals surface area contributed by atoms with Gasteiger partial charge in [-0.05, 0) is 61.5 Å². The van der Waals surface area contributed by atoms with Crippen LogP contribution in [0.1, 0.15) is 17.3 Å². The number of anilines is 2. The molecule has 6 nitrogen and oxygen atoms in total. The first-order valence-electron chi connectivity index (χ1n) is 9.63. The number of hydrogen-bond acceptors (Lipinski definition) is 5. The van der Waals surface area contributed by atoms with Crippen molar-refractivity contribution in [3.63, 3.8) is 0 Å². The molecule has 1 aliphatic rings. The standard InChI is InChI=1S/C23H18Cl2N2O4S/c1-13(22(28)27-16-5-9-20-21(11-16)31-12-30-20)32-17-6-3-15(4-7-17)26-23(29)18-8-2-14(24)10-19(18)25/h2-11,13H,12H2,1H3,(H,26,29)(H,27,28). The third kappa shape index (κ3) is 5.30. The van der Waals surface area contributed by atoms with Gasteiger partial charge in [-0.2, -0.15) is 0 Å². The molecule has 3 aromatic carbocycles. The highest BCUT2D eigenvalue weighted by Gasteiger charge is 2.18. The van der Waals surface area contributed by atoms with Crippen molar-refractivity contribution in [3.05, 3.63) is 76.3 Å². The van der Waals surface area contributed by atoms with Gasteiger partial charge in [0.05, 0.1) is 15.8 Å². The highest BCUT2D eigenvalue weighted by atomic mass is 35.5. The van der Waals surface area contributed by atoms with Crippen molar-refractivity contribution in [3.8, 4) is 11.5 Å². The fourth-order valence-electron chi connectivity index (χ4n) is 2.96. The maximum Gasteiger partial charge on any atom is 0.257 e. The Kier molecular flexibility index (Phi) is 6.79. The van der Waals surface area contributed by atoms with Gasteiger partial charge in [0, 0.05) is 27.4 Å². The van der Waals surface area contributed by atoms with Crippen molar-refractivity contribution in [2.45, 2.75) is 17.1 Å². The molecule has 0 spiro atoms. The van der Waals surface area contributed by atoms with Crippen LogP contribution in [0.2, 0.25) is 10.0 Å². The number of fused-ring (bicyclic) bond motifs is 1. The first kappa shape index (κ1) is 22.3. The molecule has 1 heterocycles. The van der Waals surface area contributed by atoms with Gasteiger partial charge in [0.15, 0.2) is 11.5 Å². The van der Waals surface area contributed by atoms with Crippen LogP contribution < -0.4 is 20.1 Å². The van der Waals surface area contributed by atoms with Crippen LogP contribution in [0.25, 0.3) is 0 Å². The Hall–Kier alpha value is -2.87. The first-order valence-corrected chi connectivity index (χ1v) is 11.3. The summed E-state index contributed by atoms with van der Waals surface area (Å²) in [5.41, 5.74) is 1.59. The number of carbonyl (C=O) groups excluding carboxylic acids is 2. The Morgan fingerprint density at radius 1 is 0.906 bits per heavy atom. The van der Waals surface area contributed by atoms with E-state index in [1.165, 1.54) is 17.8 Å². The molecule has 32 heavy (non-hydrogen) atoms. The van der Waals surface area contributed by atoms with Crippen molar-refractivity contribution < 1.29 is 19.1 Å². The zero-order valence-corrected chi connectivity index (χ0v) is 19.2. The lowest BCUT2D eigenvalue weighted by molar-refractivity contribution is -0.115. The van der Waals surface area contributed by atoms with Crippen LogP contribution in [-0.4, -0.2) is 23.9 Å². The van der Waals surface area contributed by atoms with Crippen LogP contribution in [0.4, 0.5) is 11.4 Å². The summed E-state index contributed by atoms with van der Waals surface area (Å²) in [6, 6.07) is 17.2. The van der Waals surface area contributed by atoms with Crippen molar-refractivity contribution >= 4 is 58.2 Å². The van der Waals surface area contributed by atoms with Crippen LogP contribution in [-0.2, 0) is 4.79 Å². The van der Waals surface area contributed by atoms with Crippen molar-refractivity contribution in [1.82, 2.24) is 0 Å². The minimum absolute atomic E-state index is 0.136. The monoisotopic (exact) mass is 488 g/mol. The Balaban J connectivity index is 1.33. The summed E-state index contributed by atoms with van der Waals surface area (Å²) in [5, 5.41) is 6.09. The lowest BCUT2D eigenvalue weighted by atomic mass is 10.2. The van der Waals surface area contributed by atoms with Crippen LogP contribution in [0, 0.1) is 0 Å². The molecule has 0 aliphatic carbocycles. The van der Waals surface area contributed by atoms with Gasteiger partial charge in [-0.1, -0.05) is 23.2 Å². The molecule has 0 aromatic heterocycles. The largest absolute Gasteiger partial charge is 0.454 e. The molecule has 2 N–H and O–H groups in total. The minimum atomic E-state index is -0.339. The van der Waals surface area contributed by atoms with Crippen LogP contribution in [0.3, 0.4) is 0 Å². The maximum atomic E-state index is 12.6. The van der Waals surface area contributed by atoms with Crippen LogP contribution in [0.15, 0.2) is 65.6 Å². The zero-order chi connectivity index (χ0) is 22.7. The summed E-state index contributed by atoms with van der Waals surface area (Å²) in [5.74, 6) is 0.809. The quantitative estimate of drug-likeness (QED) is 0.410. The zero-order valence-electron chi connectivity index (χ0n) is 16.9. The molecular weight excluding hydrogens is 471 g/mol. The lowest BCUT2D eigenvalue weighted by Gasteiger charge is -2.13. The van der Waals surface area contributed by atoms with E-state index in [-0.39, 0.29) is 28.9 Å². The van der Waals surface area contributed by atoms with E-state index in [4.69, 9.17) is 32.7 Å². The SMILES string of the molecule is CC(Sc1ccc(NC(=O)c2ccc(Cl)cc2Cl)cc1)C(=O)Nc1ccc2c(c1)OCO2. The molecule has 1 aliphatic heterocycles. The van der Waals surface area contributed by atoms with Crippen LogP contribution >= 0.6 is 35.0 Å². The third-order valence-corrected chi connectivity index (χ3v) is 6.27. The summed E-state index contributed by atoms with van der Waals surface area (Å²) in [7, 11) is 0. The average molecular weight is 489 g/mol. The number of carbonyl (C=O) groups is 2. The smallest absolute Gasteiger partial charge is 0.257 e. The van der Waals surface area contributed by atoms with Crippen LogP contribution in [0.5, 0.6) is 11.5 Å². The third-order valence-electron chi connectivity index (χ3n) is 4.61. The van der Waals surface area contributed by atoms with Crippen molar-refractivity contribution in [2.24, 2.45) is 0 Å². The summed E-state index contributed by atoms with van der Waals surface area (Å²) in [6.45, 7) is 2.01. The summed E-state index contributed by atoms with van der Waals surface area (Å²) >= 11 is 13.4. The number of amides is 2. The molecule has 3 aromatic rings. The van der Waals surface area contributed by atoms with Gasteiger partial charge in [0.1, 0.15) is 0 Å². The second-order valence-electron chi connectivity index (χ2n) is 6.92. The molecular formula is C23H18Cl2N2O4S. The molecule has 9 heteroatoms. The topological polar surface area (TPSA) is 76.7 Å².